The van der Waals surface area contributed by atoms with E-state index >= 15 is 0 Å². The minimum atomic E-state index is -0.115. The molecule has 0 spiro atoms. The molecular formula is C14H13ClN2O. The van der Waals surface area contributed by atoms with Gasteiger partial charge in [-0.2, -0.15) is 0 Å². The quantitative estimate of drug-likeness (QED) is 0.922. The first kappa shape index (κ1) is 12.6. The van der Waals surface area contributed by atoms with Crippen molar-refractivity contribution in [2.45, 2.75) is 13.5 Å². The third-order valence-electron chi connectivity index (χ3n) is 2.62. The van der Waals surface area contributed by atoms with Crippen molar-refractivity contribution < 1.29 is 4.79 Å². The largest absolute Gasteiger partial charge is 0.348 e. The Morgan fingerprint density at radius 3 is 2.67 bits per heavy atom. The smallest absolute Gasteiger partial charge is 0.253 e. The molecule has 2 rings (SSSR count). The zero-order valence-corrected chi connectivity index (χ0v) is 10.7. The van der Waals surface area contributed by atoms with Gasteiger partial charge in [-0.3, -0.25) is 9.78 Å². The average Bonchev–Trinajstić information content (AvgIpc) is 2.38. The molecule has 0 aliphatic carbocycles. The van der Waals surface area contributed by atoms with E-state index in [9.17, 15) is 4.79 Å². The molecule has 3 nitrogen and oxygen atoms in total. The standard InChI is InChI=1S/C14H13ClN2O/c1-10-13(3-2-8-16-10)14(18)17-9-11-4-6-12(15)7-5-11/h2-8H,9H2,1H3,(H,17,18). The molecule has 0 atom stereocenters. The minimum Gasteiger partial charge on any atom is -0.348 e. The first-order valence-corrected chi connectivity index (χ1v) is 5.99. The normalized spacial score (nSPS) is 10.1. The molecule has 1 amide bonds. The predicted molar refractivity (Wildman–Crippen MR) is 71.6 cm³/mol. The average molecular weight is 261 g/mol. The topological polar surface area (TPSA) is 42.0 Å². The molecule has 1 N–H and O–H groups in total. The van der Waals surface area contributed by atoms with Crippen LogP contribution in [0.5, 0.6) is 0 Å². The van der Waals surface area contributed by atoms with Crippen LogP contribution in [-0.2, 0) is 6.54 Å². The van der Waals surface area contributed by atoms with E-state index in [1.165, 1.54) is 0 Å². The summed E-state index contributed by atoms with van der Waals surface area (Å²) < 4.78 is 0. The lowest BCUT2D eigenvalue weighted by molar-refractivity contribution is 0.0950. The van der Waals surface area contributed by atoms with E-state index in [0.717, 1.165) is 11.3 Å². The Balaban J connectivity index is 2.01. The molecule has 2 aromatic rings. The molecule has 0 saturated heterocycles. The van der Waals surface area contributed by atoms with Crippen LogP contribution in [0.1, 0.15) is 21.6 Å². The van der Waals surface area contributed by atoms with Gasteiger partial charge < -0.3 is 5.32 Å². The summed E-state index contributed by atoms with van der Waals surface area (Å²) in [6, 6.07) is 10.9. The van der Waals surface area contributed by atoms with Gasteiger partial charge in [-0.15, -0.1) is 0 Å². The highest BCUT2D eigenvalue weighted by molar-refractivity contribution is 6.30. The summed E-state index contributed by atoms with van der Waals surface area (Å²) >= 11 is 5.80. The Labute approximate surface area is 111 Å². The molecule has 0 aliphatic heterocycles. The number of aromatic nitrogens is 1. The van der Waals surface area contributed by atoms with E-state index in [1.54, 1.807) is 30.5 Å². The number of rotatable bonds is 3. The van der Waals surface area contributed by atoms with Crippen molar-refractivity contribution in [1.82, 2.24) is 10.3 Å². The number of carbonyl (C=O) groups is 1. The van der Waals surface area contributed by atoms with E-state index < -0.39 is 0 Å². The van der Waals surface area contributed by atoms with Crippen molar-refractivity contribution in [3.63, 3.8) is 0 Å². The van der Waals surface area contributed by atoms with Gasteiger partial charge in [0, 0.05) is 23.5 Å². The van der Waals surface area contributed by atoms with Gasteiger partial charge in [0.2, 0.25) is 0 Å². The van der Waals surface area contributed by atoms with Crippen LogP contribution in [0.15, 0.2) is 42.6 Å². The number of benzene rings is 1. The molecule has 1 aromatic carbocycles. The van der Waals surface area contributed by atoms with Gasteiger partial charge in [0.1, 0.15) is 0 Å². The van der Waals surface area contributed by atoms with Crippen molar-refractivity contribution in [1.29, 1.82) is 0 Å². The monoisotopic (exact) mass is 260 g/mol. The van der Waals surface area contributed by atoms with Gasteiger partial charge in [-0.25, -0.2) is 0 Å². The summed E-state index contributed by atoms with van der Waals surface area (Å²) in [5, 5.41) is 3.54. The maximum Gasteiger partial charge on any atom is 0.253 e. The summed E-state index contributed by atoms with van der Waals surface area (Å²) in [4.78, 5) is 16.0. The lowest BCUT2D eigenvalue weighted by Crippen LogP contribution is -2.23. The number of pyridine rings is 1. The summed E-state index contributed by atoms with van der Waals surface area (Å²) in [5.41, 5.74) is 2.34. The van der Waals surface area contributed by atoms with E-state index in [2.05, 4.69) is 10.3 Å². The number of nitrogens with zero attached hydrogens (tertiary/aromatic N) is 1. The zero-order chi connectivity index (χ0) is 13.0. The maximum atomic E-state index is 11.9. The number of nitrogens with one attached hydrogen (secondary N) is 1. The highest BCUT2D eigenvalue weighted by atomic mass is 35.5. The second-order valence-corrected chi connectivity index (χ2v) is 4.38. The predicted octanol–water partition coefficient (Wildman–Crippen LogP) is 2.97. The Bertz CT molecular complexity index is 552. The molecule has 0 unspecified atom stereocenters. The fraction of sp³-hybridized carbons (Fsp3) is 0.143. The number of halogens is 1. The third-order valence-corrected chi connectivity index (χ3v) is 2.87. The Hall–Kier alpha value is -1.87. The summed E-state index contributed by atoms with van der Waals surface area (Å²) in [5.74, 6) is -0.115. The molecule has 4 heteroatoms. The van der Waals surface area contributed by atoms with E-state index in [-0.39, 0.29) is 5.91 Å². The molecule has 0 saturated carbocycles. The van der Waals surface area contributed by atoms with Crippen LogP contribution in [-0.4, -0.2) is 10.9 Å². The molecule has 92 valence electrons. The number of carbonyl (C=O) groups excluding carboxylic acids is 1. The molecule has 0 fully saturated rings. The highest BCUT2D eigenvalue weighted by Gasteiger charge is 2.08. The zero-order valence-electron chi connectivity index (χ0n) is 9.98. The summed E-state index contributed by atoms with van der Waals surface area (Å²) in [7, 11) is 0. The van der Waals surface area contributed by atoms with Gasteiger partial charge in [0.25, 0.3) is 5.91 Å². The minimum absolute atomic E-state index is 0.115. The van der Waals surface area contributed by atoms with Crippen LogP contribution in [0, 0.1) is 6.92 Å². The first-order valence-electron chi connectivity index (χ1n) is 5.61. The summed E-state index contributed by atoms with van der Waals surface area (Å²) in [6.45, 7) is 2.29. The Morgan fingerprint density at radius 1 is 1.28 bits per heavy atom. The molecule has 0 aliphatic rings. The van der Waals surface area contributed by atoms with Crippen LogP contribution < -0.4 is 5.32 Å². The van der Waals surface area contributed by atoms with Gasteiger partial charge in [-0.1, -0.05) is 23.7 Å². The van der Waals surface area contributed by atoms with Crippen molar-refractivity contribution >= 4 is 17.5 Å². The van der Waals surface area contributed by atoms with Crippen LogP contribution in [0.2, 0.25) is 5.02 Å². The molecule has 0 radical (unpaired) electrons. The molecule has 1 heterocycles. The SMILES string of the molecule is Cc1ncccc1C(=O)NCc1ccc(Cl)cc1. The number of amides is 1. The fourth-order valence-corrected chi connectivity index (χ4v) is 1.73. The van der Waals surface area contributed by atoms with Gasteiger partial charge in [0.05, 0.1) is 5.56 Å². The van der Waals surface area contributed by atoms with Crippen molar-refractivity contribution in [3.8, 4) is 0 Å². The number of hydrogen-bond acceptors (Lipinski definition) is 2. The molecule has 18 heavy (non-hydrogen) atoms. The van der Waals surface area contributed by atoms with E-state index in [0.29, 0.717) is 17.1 Å². The fourth-order valence-electron chi connectivity index (χ4n) is 1.60. The van der Waals surface area contributed by atoms with Crippen LogP contribution in [0.3, 0.4) is 0 Å². The molecule has 0 bridgehead atoms. The summed E-state index contributed by atoms with van der Waals surface area (Å²) in [6.07, 6.45) is 1.67. The molecule has 1 aromatic heterocycles. The van der Waals surface area contributed by atoms with Crippen LogP contribution >= 0.6 is 11.6 Å². The first-order chi connectivity index (χ1) is 8.66. The van der Waals surface area contributed by atoms with Gasteiger partial charge >= 0.3 is 0 Å². The third kappa shape index (κ3) is 3.08. The van der Waals surface area contributed by atoms with Crippen LogP contribution in [0.25, 0.3) is 0 Å². The highest BCUT2D eigenvalue weighted by Crippen LogP contribution is 2.09. The van der Waals surface area contributed by atoms with Crippen molar-refractivity contribution in [3.05, 3.63) is 64.4 Å². The van der Waals surface area contributed by atoms with E-state index in [1.807, 2.05) is 19.1 Å². The molecular weight excluding hydrogens is 248 g/mol. The van der Waals surface area contributed by atoms with Gasteiger partial charge in [-0.05, 0) is 36.8 Å². The van der Waals surface area contributed by atoms with Crippen molar-refractivity contribution in [2.24, 2.45) is 0 Å². The van der Waals surface area contributed by atoms with Crippen LogP contribution in [0.4, 0.5) is 0 Å². The number of hydrogen-bond donors (Lipinski definition) is 1. The second kappa shape index (κ2) is 5.65. The Kier molecular flexibility index (Phi) is 3.95. The van der Waals surface area contributed by atoms with Gasteiger partial charge in [0.15, 0.2) is 0 Å². The number of aryl methyl sites for hydroxylation is 1. The lowest BCUT2D eigenvalue weighted by atomic mass is 10.2. The lowest BCUT2D eigenvalue weighted by Gasteiger charge is -2.07. The van der Waals surface area contributed by atoms with E-state index in [4.69, 9.17) is 11.6 Å². The maximum absolute atomic E-state index is 11.9. The second-order valence-electron chi connectivity index (χ2n) is 3.95. The Morgan fingerprint density at radius 2 is 2.00 bits per heavy atom. The van der Waals surface area contributed by atoms with Crippen molar-refractivity contribution in [2.75, 3.05) is 0 Å².